The summed E-state index contributed by atoms with van der Waals surface area (Å²) >= 11 is 0. The van der Waals surface area contributed by atoms with Crippen LogP contribution < -0.4 is 9.62 Å². The smallest absolute Gasteiger partial charge is 0.301 e. The molecule has 152 valence electrons. The van der Waals surface area contributed by atoms with Gasteiger partial charge in [0.1, 0.15) is 0 Å². The van der Waals surface area contributed by atoms with Crippen LogP contribution in [0.5, 0.6) is 0 Å². The third-order valence-corrected chi connectivity index (χ3v) is 5.91. The number of hydrogen-bond donors (Lipinski definition) is 1. The Balaban J connectivity index is 1.78. The SMILES string of the molecule is CCN(Cc1ccccc1)c1ccc(-c2cccc(NS(=O)(=O)N(C)C)c2)nn1. The first-order valence-electron chi connectivity index (χ1n) is 9.32. The minimum Gasteiger partial charge on any atom is -0.351 e. The average molecular weight is 412 g/mol. The van der Waals surface area contributed by atoms with Gasteiger partial charge in [-0.1, -0.05) is 42.5 Å². The van der Waals surface area contributed by atoms with Crippen molar-refractivity contribution in [2.45, 2.75) is 13.5 Å². The molecular formula is C21H25N5O2S. The van der Waals surface area contributed by atoms with Crippen molar-refractivity contribution >= 4 is 21.7 Å². The highest BCUT2D eigenvalue weighted by Gasteiger charge is 2.14. The summed E-state index contributed by atoms with van der Waals surface area (Å²) in [4.78, 5) is 2.15. The lowest BCUT2D eigenvalue weighted by atomic mass is 10.1. The maximum Gasteiger partial charge on any atom is 0.301 e. The van der Waals surface area contributed by atoms with Crippen molar-refractivity contribution in [3.8, 4) is 11.3 Å². The second-order valence-electron chi connectivity index (χ2n) is 6.75. The standard InChI is InChI=1S/C21H25N5O2S/c1-4-26(16-17-9-6-5-7-10-17)21-14-13-20(22-23-21)18-11-8-12-19(15-18)24-29(27,28)25(2)3/h5-15,24H,4,16H2,1-3H3. The molecule has 2 aromatic carbocycles. The molecule has 0 radical (unpaired) electrons. The van der Waals surface area contributed by atoms with Crippen LogP contribution in [0.15, 0.2) is 66.7 Å². The highest BCUT2D eigenvalue weighted by Crippen LogP contribution is 2.23. The van der Waals surface area contributed by atoms with Gasteiger partial charge in [0.05, 0.1) is 11.4 Å². The predicted octanol–water partition coefficient (Wildman–Crippen LogP) is 3.39. The second-order valence-corrected chi connectivity index (χ2v) is 8.63. The Kier molecular flexibility index (Phi) is 6.46. The molecule has 0 saturated heterocycles. The first-order chi connectivity index (χ1) is 13.9. The Morgan fingerprint density at radius 3 is 2.31 bits per heavy atom. The van der Waals surface area contributed by atoms with Crippen molar-refractivity contribution in [2.24, 2.45) is 0 Å². The molecular weight excluding hydrogens is 386 g/mol. The normalized spacial score (nSPS) is 11.4. The maximum absolute atomic E-state index is 12.0. The molecule has 0 unspecified atom stereocenters. The van der Waals surface area contributed by atoms with E-state index in [2.05, 4.69) is 38.9 Å². The number of nitrogens with zero attached hydrogens (tertiary/aromatic N) is 4. The molecule has 0 fully saturated rings. The second kappa shape index (κ2) is 9.02. The van der Waals surface area contributed by atoms with Crippen LogP contribution in [0, 0.1) is 0 Å². The van der Waals surface area contributed by atoms with Gasteiger partial charge in [0.25, 0.3) is 0 Å². The topological polar surface area (TPSA) is 78.4 Å². The summed E-state index contributed by atoms with van der Waals surface area (Å²) in [5.74, 6) is 0.796. The molecule has 0 aliphatic carbocycles. The summed E-state index contributed by atoms with van der Waals surface area (Å²) in [6.45, 7) is 3.65. The third kappa shape index (κ3) is 5.30. The van der Waals surface area contributed by atoms with Crippen LogP contribution in [0.2, 0.25) is 0 Å². The first-order valence-corrected chi connectivity index (χ1v) is 10.8. The van der Waals surface area contributed by atoms with Gasteiger partial charge in [-0.2, -0.15) is 12.7 Å². The van der Waals surface area contributed by atoms with Crippen molar-refractivity contribution in [2.75, 3.05) is 30.3 Å². The summed E-state index contributed by atoms with van der Waals surface area (Å²) in [7, 11) is -0.606. The van der Waals surface area contributed by atoms with E-state index in [0.29, 0.717) is 11.4 Å². The van der Waals surface area contributed by atoms with Crippen molar-refractivity contribution in [1.29, 1.82) is 0 Å². The number of hydrogen-bond acceptors (Lipinski definition) is 5. The van der Waals surface area contributed by atoms with Crippen LogP contribution >= 0.6 is 0 Å². The molecule has 0 aliphatic rings. The fraction of sp³-hybridized carbons (Fsp3) is 0.238. The Labute approximate surface area is 172 Å². The molecule has 29 heavy (non-hydrogen) atoms. The van der Waals surface area contributed by atoms with E-state index in [1.807, 2.05) is 36.4 Å². The summed E-state index contributed by atoms with van der Waals surface area (Å²) in [6.07, 6.45) is 0. The monoisotopic (exact) mass is 411 g/mol. The van der Waals surface area contributed by atoms with Crippen LogP contribution in [0.25, 0.3) is 11.3 Å². The van der Waals surface area contributed by atoms with E-state index < -0.39 is 10.2 Å². The summed E-state index contributed by atoms with van der Waals surface area (Å²) in [5.41, 5.74) is 3.15. The summed E-state index contributed by atoms with van der Waals surface area (Å²) in [5, 5.41) is 8.74. The fourth-order valence-electron chi connectivity index (χ4n) is 2.79. The van der Waals surface area contributed by atoms with E-state index in [1.165, 1.54) is 19.7 Å². The van der Waals surface area contributed by atoms with Crippen LogP contribution in [0.3, 0.4) is 0 Å². The lowest BCUT2D eigenvalue weighted by Crippen LogP contribution is -2.28. The molecule has 1 N–H and O–H groups in total. The first kappa shape index (κ1) is 20.8. The lowest BCUT2D eigenvalue weighted by molar-refractivity contribution is 0.527. The van der Waals surface area contributed by atoms with Crippen LogP contribution in [-0.2, 0) is 16.8 Å². The Morgan fingerprint density at radius 1 is 0.931 bits per heavy atom. The third-order valence-electron chi connectivity index (χ3n) is 4.46. The number of nitrogens with one attached hydrogen (secondary N) is 1. The molecule has 1 heterocycles. The van der Waals surface area contributed by atoms with Gasteiger partial charge in [-0.05, 0) is 36.8 Å². The van der Waals surface area contributed by atoms with Crippen LogP contribution in [0.4, 0.5) is 11.5 Å². The van der Waals surface area contributed by atoms with Gasteiger partial charge >= 0.3 is 10.2 Å². The average Bonchev–Trinajstić information content (AvgIpc) is 2.73. The zero-order chi connectivity index (χ0) is 20.9. The van der Waals surface area contributed by atoms with Gasteiger partial charge in [-0.15, -0.1) is 10.2 Å². The van der Waals surface area contributed by atoms with Crippen molar-refractivity contribution < 1.29 is 8.42 Å². The Hall–Kier alpha value is -2.97. The Bertz CT molecular complexity index is 1040. The number of aromatic nitrogens is 2. The molecule has 0 amide bonds. The zero-order valence-corrected chi connectivity index (χ0v) is 17.6. The quantitative estimate of drug-likeness (QED) is 0.615. The molecule has 3 aromatic rings. The number of anilines is 2. The van der Waals surface area contributed by atoms with Gasteiger partial charge < -0.3 is 4.90 Å². The predicted molar refractivity (Wildman–Crippen MR) is 117 cm³/mol. The van der Waals surface area contributed by atoms with Crippen LogP contribution in [-0.4, -0.2) is 43.6 Å². The summed E-state index contributed by atoms with van der Waals surface area (Å²) in [6, 6.07) is 21.2. The Morgan fingerprint density at radius 2 is 1.69 bits per heavy atom. The van der Waals surface area contributed by atoms with Crippen LogP contribution in [0.1, 0.15) is 12.5 Å². The highest BCUT2D eigenvalue weighted by atomic mass is 32.2. The molecule has 0 atom stereocenters. The van der Waals surface area contributed by atoms with E-state index >= 15 is 0 Å². The fourth-order valence-corrected chi connectivity index (χ4v) is 3.40. The molecule has 1 aromatic heterocycles. The van der Waals surface area contributed by atoms with Crippen molar-refractivity contribution in [1.82, 2.24) is 14.5 Å². The van der Waals surface area contributed by atoms with E-state index in [0.717, 1.165) is 28.8 Å². The minimum atomic E-state index is -3.56. The van der Waals surface area contributed by atoms with Gasteiger partial charge in [-0.25, -0.2) is 0 Å². The molecule has 0 saturated carbocycles. The van der Waals surface area contributed by atoms with E-state index in [4.69, 9.17) is 0 Å². The van der Waals surface area contributed by atoms with Gasteiger partial charge in [0, 0.05) is 32.7 Å². The molecule has 0 bridgehead atoms. The summed E-state index contributed by atoms with van der Waals surface area (Å²) < 4.78 is 27.7. The molecule has 7 nitrogen and oxygen atoms in total. The van der Waals surface area contributed by atoms with Gasteiger partial charge in [0.2, 0.25) is 0 Å². The number of rotatable bonds is 8. The lowest BCUT2D eigenvalue weighted by Gasteiger charge is -2.21. The zero-order valence-electron chi connectivity index (χ0n) is 16.8. The van der Waals surface area contributed by atoms with E-state index in [-0.39, 0.29) is 0 Å². The highest BCUT2D eigenvalue weighted by molar-refractivity contribution is 7.90. The molecule has 3 rings (SSSR count). The van der Waals surface area contributed by atoms with Crippen molar-refractivity contribution in [3.05, 3.63) is 72.3 Å². The molecule has 0 spiro atoms. The number of benzene rings is 2. The van der Waals surface area contributed by atoms with Gasteiger partial charge in [0.15, 0.2) is 5.82 Å². The largest absolute Gasteiger partial charge is 0.351 e. The maximum atomic E-state index is 12.0. The van der Waals surface area contributed by atoms with Crippen molar-refractivity contribution in [3.63, 3.8) is 0 Å². The van der Waals surface area contributed by atoms with E-state index in [1.54, 1.807) is 18.2 Å². The van der Waals surface area contributed by atoms with Gasteiger partial charge in [-0.3, -0.25) is 4.72 Å². The molecule has 8 heteroatoms. The molecule has 0 aliphatic heterocycles. The van der Waals surface area contributed by atoms with E-state index in [9.17, 15) is 8.42 Å². The minimum absolute atomic E-state index is 0.473.